The number of ether oxygens (including phenoxy) is 3. The van der Waals surface area contributed by atoms with Gasteiger partial charge in [0.15, 0.2) is 0 Å². The van der Waals surface area contributed by atoms with Crippen molar-refractivity contribution in [1.29, 1.82) is 0 Å². The van der Waals surface area contributed by atoms with Gasteiger partial charge in [-0.05, 0) is 39.3 Å². The Morgan fingerprint density at radius 1 is 0.950 bits per heavy atom. The fourth-order valence-electron chi connectivity index (χ4n) is 1.64. The normalized spacial score (nSPS) is 15.7. The molecule has 1 rings (SSSR count). The summed E-state index contributed by atoms with van der Waals surface area (Å²) in [6.07, 6.45) is -0.192. The van der Waals surface area contributed by atoms with Gasteiger partial charge < -0.3 is 19.3 Å². The van der Waals surface area contributed by atoms with E-state index in [-0.39, 0.29) is 24.9 Å². The third-order valence-electron chi connectivity index (χ3n) is 2.91. The molecular formula is C16H26O4. The average Bonchev–Trinajstić information content (AvgIpc) is 2.45. The summed E-state index contributed by atoms with van der Waals surface area (Å²) in [6.45, 7) is 8.79. The molecule has 1 aromatic carbocycles. The zero-order chi connectivity index (χ0) is 15.0. The van der Waals surface area contributed by atoms with E-state index in [1.165, 1.54) is 0 Å². The predicted octanol–water partition coefficient (Wildman–Crippen LogP) is 2.56. The maximum Gasteiger partial charge on any atom is 0.122 e. The summed E-state index contributed by atoms with van der Waals surface area (Å²) in [7, 11) is 0. The SMILES string of the molecule is Cc1ccccc1OC(C)COC(C)COC(C)CO. The summed E-state index contributed by atoms with van der Waals surface area (Å²) in [6, 6.07) is 7.94. The molecule has 3 atom stereocenters. The Balaban J connectivity index is 2.26. The van der Waals surface area contributed by atoms with Gasteiger partial charge in [0.1, 0.15) is 11.9 Å². The lowest BCUT2D eigenvalue weighted by Gasteiger charge is -2.20. The van der Waals surface area contributed by atoms with E-state index in [0.717, 1.165) is 11.3 Å². The number of rotatable bonds is 9. The summed E-state index contributed by atoms with van der Waals surface area (Å²) in [5, 5.41) is 8.87. The summed E-state index contributed by atoms with van der Waals surface area (Å²) in [5.41, 5.74) is 1.12. The topological polar surface area (TPSA) is 47.9 Å². The van der Waals surface area contributed by atoms with Crippen LogP contribution in [0, 0.1) is 6.92 Å². The van der Waals surface area contributed by atoms with Crippen LogP contribution in [0.15, 0.2) is 24.3 Å². The van der Waals surface area contributed by atoms with E-state index in [1.54, 1.807) is 0 Å². The fraction of sp³-hybridized carbons (Fsp3) is 0.625. The lowest BCUT2D eigenvalue weighted by Crippen LogP contribution is -2.27. The van der Waals surface area contributed by atoms with E-state index < -0.39 is 0 Å². The van der Waals surface area contributed by atoms with Crippen LogP contribution in [0.25, 0.3) is 0 Å². The van der Waals surface area contributed by atoms with Crippen molar-refractivity contribution in [3.05, 3.63) is 29.8 Å². The van der Waals surface area contributed by atoms with Gasteiger partial charge >= 0.3 is 0 Å². The third kappa shape index (κ3) is 6.37. The van der Waals surface area contributed by atoms with E-state index >= 15 is 0 Å². The van der Waals surface area contributed by atoms with Gasteiger partial charge in [0.05, 0.1) is 32.0 Å². The molecule has 0 amide bonds. The smallest absolute Gasteiger partial charge is 0.122 e. The first-order valence-corrected chi connectivity index (χ1v) is 7.09. The lowest BCUT2D eigenvalue weighted by molar-refractivity contribution is -0.0591. The van der Waals surface area contributed by atoms with Crippen LogP contribution in [0.3, 0.4) is 0 Å². The van der Waals surface area contributed by atoms with Crippen LogP contribution in [0.2, 0.25) is 0 Å². The molecule has 0 saturated heterocycles. The molecular weight excluding hydrogens is 256 g/mol. The van der Waals surface area contributed by atoms with Crippen LogP contribution in [0.5, 0.6) is 5.75 Å². The van der Waals surface area contributed by atoms with Crippen molar-refractivity contribution in [3.63, 3.8) is 0 Å². The second-order valence-corrected chi connectivity index (χ2v) is 5.16. The van der Waals surface area contributed by atoms with E-state index in [1.807, 2.05) is 52.0 Å². The molecule has 0 bridgehead atoms. The molecule has 0 aliphatic rings. The summed E-state index contributed by atoms with van der Waals surface area (Å²) >= 11 is 0. The molecule has 0 aliphatic heterocycles. The maximum absolute atomic E-state index is 8.87. The van der Waals surface area contributed by atoms with E-state index in [4.69, 9.17) is 19.3 Å². The van der Waals surface area contributed by atoms with Crippen molar-refractivity contribution in [3.8, 4) is 5.75 Å². The molecule has 0 radical (unpaired) electrons. The van der Waals surface area contributed by atoms with Gasteiger partial charge in [0.2, 0.25) is 0 Å². The molecule has 0 aromatic heterocycles. The van der Waals surface area contributed by atoms with Gasteiger partial charge in [0, 0.05) is 0 Å². The highest BCUT2D eigenvalue weighted by molar-refractivity contribution is 5.31. The highest BCUT2D eigenvalue weighted by atomic mass is 16.6. The Labute approximate surface area is 121 Å². The van der Waals surface area contributed by atoms with Crippen LogP contribution in [0.4, 0.5) is 0 Å². The average molecular weight is 282 g/mol. The summed E-state index contributed by atoms with van der Waals surface area (Å²) < 4.78 is 16.9. The van der Waals surface area contributed by atoms with Crippen molar-refractivity contribution in [2.24, 2.45) is 0 Å². The fourth-order valence-corrected chi connectivity index (χ4v) is 1.64. The van der Waals surface area contributed by atoms with Crippen molar-refractivity contribution >= 4 is 0 Å². The standard InChI is InChI=1S/C16H26O4/c1-12-7-5-6-8-16(12)20-15(4)11-19-14(3)10-18-13(2)9-17/h5-8,13-15,17H,9-11H2,1-4H3. The summed E-state index contributed by atoms with van der Waals surface area (Å²) in [5.74, 6) is 0.890. The van der Waals surface area contributed by atoms with E-state index in [9.17, 15) is 0 Å². The molecule has 3 unspecified atom stereocenters. The van der Waals surface area contributed by atoms with Crippen molar-refractivity contribution in [2.45, 2.75) is 46.0 Å². The minimum Gasteiger partial charge on any atom is -0.488 e. The zero-order valence-electron chi connectivity index (χ0n) is 12.8. The number of aliphatic hydroxyl groups is 1. The molecule has 4 heteroatoms. The largest absolute Gasteiger partial charge is 0.488 e. The van der Waals surface area contributed by atoms with Crippen LogP contribution < -0.4 is 4.74 Å². The molecule has 0 saturated carbocycles. The van der Waals surface area contributed by atoms with Crippen LogP contribution >= 0.6 is 0 Å². The molecule has 0 heterocycles. The second-order valence-electron chi connectivity index (χ2n) is 5.16. The van der Waals surface area contributed by atoms with Crippen LogP contribution in [-0.4, -0.2) is 43.2 Å². The Kier molecular flexibility index (Phi) is 7.59. The van der Waals surface area contributed by atoms with E-state index in [2.05, 4.69) is 0 Å². The van der Waals surface area contributed by atoms with Gasteiger partial charge in [-0.25, -0.2) is 0 Å². The Hall–Kier alpha value is -1.10. The van der Waals surface area contributed by atoms with Gasteiger partial charge in [-0.1, -0.05) is 18.2 Å². The first kappa shape index (κ1) is 17.0. The molecule has 114 valence electrons. The molecule has 1 N–H and O–H groups in total. The quantitative estimate of drug-likeness (QED) is 0.756. The number of benzene rings is 1. The van der Waals surface area contributed by atoms with E-state index in [0.29, 0.717) is 13.2 Å². The molecule has 0 fully saturated rings. The predicted molar refractivity (Wildman–Crippen MR) is 79.2 cm³/mol. The lowest BCUT2D eigenvalue weighted by atomic mass is 10.2. The Bertz CT molecular complexity index is 380. The Morgan fingerprint density at radius 2 is 1.55 bits per heavy atom. The van der Waals surface area contributed by atoms with Crippen molar-refractivity contribution in [1.82, 2.24) is 0 Å². The highest BCUT2D eigenvalue weighted by Crippen LogP contribution is 2.17. The number of aryl methyl sites for hydroxylation is 1. The van der Waals surface area contributed by atoms with Gasteiger partial charge in [-0.15, -0.1) is 0 Å². The van der Waals surface area contributed by atoms with Gasteiger partial charge in [0.25, 0.3) is 0 Å². The molecule has 20 heavy (non-hydrogen) atoms. The minimum atomic E-state index is -0.151. The molecule has 1 aromatic rings. The number of aliphatic hydroxyl groups excluding tert-OH is 1. The maximum atomic E-state index is 8.87. The first-order valence-electron chi connectivity index (χ1n) is 7.09. The van der Waals surface area contributed by atoms with Crippen LogP contribution in [-0.2, 0) is 9.47 Å². The zero-order valence-corrected chi connectivity index (χ0v) is 12.8. The van der Waals surface area contributed by atoms with Crippen molar-refractivity contribution < 1.29 is 19.3 Å². The number of hydrogen-bond donors (Lipinski definition) is 1. The third-order valence-corrected chi connectivity index (χ3v) is 2.91. The molecule has 0 spiro atoms. The van der Waals surface area contributed by atoms with Gasteiger partial charge in [-0.3, -0.25) is 0 Å². The monoisotopic (exact) mass is 282 g/mol. The molecule has 0 aliphatic carbocycles. The highest BCUT2D eigenvalue weighted by Gasteiger charge is 2.10. The summed E-state index contributed by atoms with van der Waals surface area (Å²) in [4.78, 5) is 0. The van der Waals surface area contributed by atoms with Crippen LogP contribution in [0.1, 0.15) is 26.3 Å². The van der Waals surface area contributed by atoms with Crippen molar-refractivity contribution in [2.75, 3.05) is 19.8 Å². The first-order chi connectivity index (χ1) is 9.52. The minimum absolute atomic E-state index is 0.0196. The number of para-hydroxylation sites is 1. The number of hydrogen-bond acceptors (Lipinski definition) is 4. The Morgan fingerprint density at radius 3 is 2.20 bits per heavy atom. The van der Waals surface area contributed by atoms with Gasteiger partial charge in [-0.2, -0.15) is 0 Å². The second kappa shape index (κ2) is 8.95. The molecule has 4 nitrogen and oxygen atoms in total.